The van der Waals surface area contributed by atoms with Gasteiger partial charge in [0.05, 0.1) is 25.2 Å². The highest BCUT2D eigenvalue weighted by atomic mass is 79.9. The molecule has 2 aliphatic rings. The van der Waals surface area contributed by atoms with E-state index in [4.69, 9.17) is 0 Å². The molecule has 4 N–H and O–H groups in total. The molecule has 1 saturated heterocycles. The van der Waals surface area contributed by atoms with Crippen molar-refractivity contribution in [2.45, 2.75) is 37.6 Å². The zero-order valence-corrected chi connectivity index (χ0v) is 17.8. The number of nitrogens with zero attached hydrogens (tertiary/aromatic N) is 1. The van der Waals surface area contributed by atoms with E-state index in [2.05, 4.69) is 44.2 Å². The molecule has 1 aromatic rings. The van der Waals surface area contributed by atoms with Crippen LogP contribution in [-0.2, 0) is 9.59 Å². The molecular formula is C22H21BrN2O5. The van der Waals surface area contributed by atoms with Crippen LogP contribution in [0.25, 0.3) is 0 Å². The highest BCUT2D eigenvalue weighted by Gasteiger charge is 2.39. The van der Waals surface area contributed by atoms with Crippen molar-refractivity contribution in [1.82, 2.24) is 10.2 Å². The summed E-state index contributed by atoms with van der Waals surface area (Å²) >= 11 is 3.33. The van der Waals surface area contributed by atoms with Crippen LogP contribution in [0.2, 0.25) is 0 Å². The second-order valence-electron chi connectivity index (χ2n) is 7.14. The minimum Gasteiger partial charge on any atom is -0.394 e. The third kappa shape index (κ3) is 4.75. The van der Waals surface area contributed by atoms with Gasteiger partial charge in [-0.15, -0.1) is 0 Å². The second-order valence-corrected chi connectivity index (χ2v) is 8.05. The van der Waals surface area contributed by atoms with Gasteiger partial charge in [0, 0.05) is 22.0 Å². The average molecular weight is 473 g/mol. The van der Waals surface area contributed by atoms with Gasteiger partial charge in [0.1, 0.15) is 0 Å². The van der Waals surface area contributed by atoms with Crippen molar-refractivity contribution in [3.05, 3.63) is 68.4 Å². The topological polar surface area (TPSA) is 110 Å². The monoisotopic (exact) mass is 472 g/mol. The highest BCUT2D eigenvalue weighted by molar-refractivity contribution is 9.10. The fourth-order valence-electron chi connectivity index (χ4n) is 3.32. The molecule has 1 fully saturated rings. The predicted octanol–water partition coefficient (Wildman–Crippen LogP) is 0.872. The summed E-state index contributed by atoms with van der Waals surface area (Å²) in [4.78, 5) is 26.4. The van der Waals surface area contributed by atoms with E-state index in [-0.39, 0.29) is 13.2 Å². The van der Waals surface area contributed by atoms with Gasteiger partial charge in [0.25, 0.3) is 11.8 Å². The van der Waals surface area contributed by atoms with Gasteiger partial charge < -0.3 is 25.5 Å². The van der Waals surface area contributed by atoms with Crippen molar-refractivity contribution >= 4 is 27.7 Å². The first kappa shape index (κ1) is 22.1. The second kappa shape index (κ2) is 9.46. The van der Waals surface area contributed by atoms with Crippen LogP contribution in [0, 0.1) is 0 Å². The van der Waals surface area contributed by atoms with E-state index in [1.807, 2.05) is 24.3 Å². The molecule has 0 unspecified atom stereocenters. The number of halogens is 1. The summed E-state index contributed by atoms with van der Waals surface area (Å²) in [6, 6.07) is 6.20. The van der Waals surface area contributed by atoms with Crippen molar-refractivity contribution in [2.75, 3.05) is 13.2 Å². The first-order valence-corrected chi connectivity index (χ1v) is 10.2. The van der Waals surface area contributed by atoms with Crippen LogP contribution in [0.5, 0.6) is 0 Å². The number of fused-ring (bicyclic) bond motifs is 1. The van der Waals surface area contributed by atoms with E-state index >= 15 is 0 Å². The van der Waals surface area contributed by atoms with Crippen molar-refractivity contribution in [2.24, 2.45) is 0 Å². The Morgan fingerprint density at radius 3 is 2.43 bits per heavy atom. The van der Waals surface area contributed by atoms with Crippen LogP contribution in [0.1, 0.15) is 24.9 Å². The molecule has 7 nitrogen and oxygen atoms in total. The van der Waals surface area contributed by atoms with Gasteiger partial charge in [-0.1, -0.05) is 39.5 Å². The Hall–Kier alpha value is -2.62. The predicted molar refractivity (Wildman–Crippen MR) is 111 cm³/mol. The van der Waals surface area contributed by atoms with E-state index in [0.29, 0.717) is 12.0 Å². The molecule has 1 aliphatic heterocycles. The maximum absolute atomic E-state index is 12.8. The number of aliphatic hydroxyl groups is 3. The van der Waals surface area contributed by atoms with Crippen molar-refractivity contribution in [3.63, 3.8) is 0 Å². The van der Waals surface area contributed by atoms with Crippen LogP contribution < -0.4 is 5.32 Å². The van der Waals surface area contributed by atoms with Gasteiger partial charge in [0.2, 0.25) is 0 Å². The Labute approximate surface area is 182 Å². The Balaban J connectivity index is 1.67. The number of likely N-dealkylation sites (tertiary alicyclic amines) is 1. The maximum Gasteiger partial charge on any atom is 0.255 e. The quantitative estimate of drug-likeness (QED) is 0.459. The number of hydrogen-bond donors (Lipinski definition) is 4. The van der Waals surface area contributed by atoms with Gasteiger partial charge in [0.15, 0.2) is 12.2 Å². The summed E-state index contributed by atoms with van der Waals surface area (Å²) in [5.41, 5.74) is 13.2. The molecule has 0 radical (unpaired) electrons. The van der Waals surface area contributed by atoms with Gasteiger partial charge in [-0.05, 0) is 36.1 Å². The summed E-state index contributed by atoms with van der Waals surface area (Å²) in [6.45, 7) is 1.44. The number of piperidine rings is 1. The first-order valence-electron chi connectivity index (χ1n) is 9.39. The number of carbonyl (C=O) groups is 2. The van der Waals surface area contributed by atoms with E-state index in [1.165, 1.54) is 4.90 Å². The Bertz CT molecular complexity index is 1020. The number of aliphatic hydroxyl groups excluding tert-OH is 3. The lowest BCUT2D eigenvalue weighted by Gasteiger charge is -2.37. The lowest BCUT2D eigenvalue weighted by molar-refractivity contribution is -0.155. The molecule has 8 heteroatoms. The molecule has 0 bridgehead atoms. The maximum atomic E-state index is 12.8. The van der Waals surface area contributed by atoms with Crippen molar-refractivity contribution < 1.29 is 24.9 Å². The third-order valence-corrected chi connectivity index (χ3v) is 5.63. The summed E-state index contributed by atoms with van der Waals surface area (Å²) in [6.07, 6.45) is -3.63. The number of benzene rings is 1. The molecule has 4 atom stereocenters. The van der Waals surface area contributed by atoms with Crippen LogP contribution in [0.4, 0.5) is 0 Å². The van der Waals surface area contributed by atoms with Crippen LogP contribution in [0.15, 0.2) is 62.8 Å². The van der Waals surface area contributed by atoms with Crippen LogP contribution in [-0.4, -0.2) is 63.4 Å². The summed E-state index contributed by atoms with van der Waals surface area (Å²) < 4.78 is 0.887. The third-order valence-electron chi connectivity index (χ3n) is 5.11. The molecule has 1 aliphatic carbocycles. The molecule has 30 heavy (non-hydrogen) atoms. The number of hydrogen-bond acceptors (Lipinski definition) is 5. The minimum absolute atomic E-state index is 0.0573. The Morgan fingerprint density at radius 1 is 1.17 bits per heavy atom. The highest BCUT2D eigenvalue weighted by Crippen LogP contribution is 2.27. The zero-order valence-electron chi connectivity index (χ0n) is 16.2. The fourth-order valence-corrected chi connectivity index (χ4v) is 3.59. The molecule has 1 heterocycles. The summed E-state index contributed by atoms with van der Waals surface area (Å²) in [7, 11) is 0. The van der Waals surface area contributed by atoms with Crippen LogP contribution in [0.3, 0.4) is 0 Å². The number of nitrogens with one attached hydrogen (secondary N) is 1. The fraction of sp³-hybridized carbons (Fsp3) is 0.364. The molecule has 2 amide bonds. The normalized spacial score (nSPS) is 20.0. The van der Waals surface area contributed by atoms with Crippen LogP contribution >= 0.6 is 15.9 Å². The molecule has 3 rings (SSSR count). The summed E-state index contributed by atoms with van der Waals surface area (Å²) in [5, 5.41) is 32.9. The van der Waals surface area contributed by atoms with Crippen molar-refractivity contribution in [1.29, 1.82) is 0 Å². The Morgan fingerprint density at radius 2 is 1.80 bits per heavy atom. The van der Waals surface area contributed by atoms with Gasteiger partial charge in [-0.25, -0.2) is 0 Å². The van der Waals surface area contributed by atoms with Crippen molar-refractivity contribution in [3.8, 4) is 0 Å². The zero-order chi connectivity index (χ0) is 21.8. The molecule has 0 saturated carbocycles. The SMILES string of the molecule is C[C@H](NC(=O)[C@H](O)[C@@H](O)C(=O)N1CC2=C=C=C=C=C2C[C@@H]1CO)c1ccc(Br)cc1. The Kier molecular flexibility index (Phi) is 6.96. The largest absolute Gasteiger partial charge is 0.394 e. The molecule has 0 spiro atoms. The van der Waals surface area contributed by atoms with E-state index in [9.17, 15) is 24.9 Å². The molecular weight excluding hydrogens is 452 g/mol. The first-order chi connectivity index (χ1) is 14.3. The molecule has 1 aromatic carbocycles. The van der Waals surface area contributed by atoms with Gasteiger partial charge in [-0.3, -0.25) is 9.59 Å². The number of carbonyl (C=O) groups excluding carboxylic acids is 2. The standard InChI is InChI=1S/C22H21BrN2O5/c1-13(14-6-8-17(23)9-7-14)24-21(29)19(27)20(28)22(30)25-11-16-5-3-2-4-15(16)10-18(25)12-26/h6-9,13,18-20,26-28H,10-12H2,1H3,(H,24,29)/t13-,18+,19+,20+/m0/s1. The number of rotatable bonds is 6. The molecule has 156 valence electrons. The lowest BCUT2D eigenvalue weighted by atomic mass is 9.92. The smallest absolute Gasteiger partial charge is 0.255 e. The van der Waals surface area contributed by atoms with E-state index in [0.717, 1.165) is 15.6 Å². The summed E-state index contributed by atoms with van der Waals surface area (Å²) in [5.74, 6) is -1.72. The minimum atomic E-state index is -1.97. The van der Waals surface area contributed by atoms with E-state index in [1.54, 1.807) is 6.92 Å². The van der Waals surface area contributed by atoms with E-state index < -0.39 is 36.1 Å². The number of amides is 2. The van der Waals surface area contributed by atoms with Gasteiger partial charge >= 0.3 is 0 Å². The van der Waals surface area contributed by atoms with Gasteiger partial charge in [-0.2, -0.15) is 0 Å². The lowest BCUT2D eigenvalue weighted by Crippen LogP contribution is -2.56. The average Bonchev–Trinajstić information content (AvgIpc) is 2.76. The molecule has 0 aromatic heterocycles.